The number of hydrogen-bond acceptors (Lipinski definition) is 6. The van der Waals surface area contributed by atoms with Gasteiger partial charge in [-0.05, 0) is 17.7 Å². The second-order valence-electron chi connectivity index (χ2n) is 4.56. The van der Waals surface area contributed by atoms with Crippen LogP contribution in [0.15, 0.2) is 18.2 Å². The van der Waals surface area contributed by atoms with Gasteiger partial charge in [0, 0.05) is 17.1 Å². The van der Waals surface area contributed by atoms with Crippen molar-refractivity contribution < 1.29 is 22.5 Å². The zero-order valence-electron chi connectivity index (χ0n) is 11.1. The normalized spacial score (nSPS) is 23.7. The van der Waals surface area contributed by atoms with E-state index in [1.54, 1.807) is 0 Å². The van der Waals surface area contributed by atoms with E-state index in [1.807, 2.05) is 0 Å². The largest absolute Gasteiger partial charge is 0.506 e. The van der Waals surface area contributed by atoms with Crippen LogP contribution in [0, 0.1) is 0 Å². The van der Waals surface area contributed by atoms with Crippen LogP contribution in [0.5, 0.6) is 5.75 Å². The second-order valence-corrected chi connectivity index (χ2v) is 7.70. The Morgan fingerprint density at radius 3 is 2.71 bits per heavy atom. The molecule has 3 atom stereocenters. The Morgan fingerprint density at radius 1 is 1.57 bits per heavy atom. The molecule has 1 aromatic carbocycles. The van der Waals surface area contributed by atoms with Crippen LogP contribution in [0.4, 0.5) is 5.69 Å². The van der Waals surface area contributed by atoms with Crippen molar-refractivity contribution in [1.29, 1.82) is 0 Å². The molecule has 1 aromatic rings. The number of aromatic hydroxyl groups is 1. The van der Waals surface area contributed by atoms with E-state index in [2.05, 4.69) is 4.72 Å². The summed E-state index contributed by atoms with van der Waals surface area (Å²) in [4.78, 5) is 10.7. The van der Waals surface area contributed by atoms with Crippen molar-refractivity contribution in [2.24, 2.45) is 5.73 Å². The van der Waals surface area contributed by atoms with Crippen LogP contribution in [0.25, 0.3) is 0 Å². The average Bonchev–Trinajstić information content (AvgIpc) is 2.72. The standard InChI is InChI=1S/C11H15N3O5S2/c1-20(17)11(12)7-2-3-9(10(16)4-7)14-5-8(6-15)13-21(14,18)19/h2-4,6,8,11,13,16H,5,12H2,1H3. The molecule has 0 radical (unpaired) electrons. The van der Waals surface area contributed by atoms with Gasteiger partial charge in [-0.1, -0.05) is 6.07 Å². The fourth-order valence-corrected chi connectivity index (χ4v) is 3.93. The fraction of sp³-hybridized carbons (Fsp3) is 0.364. The van der Waals surface area contributed by atoms with Crippen LogP contribution in [0.1, 0.15) is 10.9 Å². The zero-order valence-corrected chi connectivity index (χ0v) is 12.7. The van der Waals surface area contributed by atoms with Crippen LogP contribution < -0.4 is 14.8 Å². The number of carbonyl (C=O) groups excluding carboxylic acids is 1. The summed E-state index contributed by atoms with van der Waals surface area (Å²) in [6.45, 7) is -0.107. The van der Waals surface area contributed by atoms with Gasteiger partial charge in [-0.15, -0.1) is 0 Å². The molecule has 1 aliphatic heterocycles. The molecule has 116 valence electrons. The Balaban J connectivity index is 2.38. The van der Waals surface area contributed by atoms with Crippen molar-refractivity contribution in [2.75, 3.05) is 17.1 Å². The fourth-order valence-electron chi connectivity index (χ4n) is 1.99. The van der Waals surface area contributed by atoms with Crippen molar-refractivity contribution in [3.63, 3.8) is 0 Å². The van der Waals surface area contributed by atoms with Crippen LogP contribution >= 0.6 is 0 Å². The number of benzene rings is 1. The summed E-state index contributed by atoms with van der Waals surface area (Å²) < 4.78 is 38.2. The third kappa shape index (κ3) is 3.07. The van der Waals surface area contributed by atoms with E-state index in [4.69, 9.17) is 5.73 Å². The van der Waals surface area contributed by atoms with Crippen molar-refractivity contribution in [3.05, 3.63) is 23.8 Å². The predicted octanol–water partition coefficient (Wildman–Crippen LogP) is -1.05. The maximum absolute atomic E-state index is 11.9. The van der Waals surface area contributed by atoms with Gasteiger partial charge in [0.05, 0.1) is 18.3 Å². The van der Waals surface area contributed by atoms with Crippen molar-refractivity contribution in [2.45, 2.75) is 11.4 Å². The first kappa shape index (κ1) is 15.9. The number of aldehydes is 1. The molecular weight excluding hydrogens is 318 g/mol. The molecule has 3 unspecified atom stereocenters. The number of nitrogens with one attached hydrogen (secondary N) is 1. The van der Waals surface area contributed by atoms with Gasteiger partial charge in [0.25, 0.3) is 0 Å². The molecule has 2 rings (SSSR count). The quantitative estimate of drug-likeness (QED) is 0.603. The minimum Gasteiger partial charge on any atom is -0.506 e. The Labute approximate surface area is 124 Å². The van der Waals surface area contributed by atoms with Crippen LogP contribution in [0.2, 0.25) is 0 Å². The molecule has 0 spiro atoms. The Kier molecular flexibility index (Phi) is 4.33. The molecule has 21 heavy (non-hydrogen) atoms. The minimum atomic E-state index is -3.87. The summed E-state index contributed by atoms with van der Waals surface area (Å²) in [5.41, 5.74) is 6.16. The van der Waals surface area contributed by atoms with Gasteiger partial charge in [-0.3, -0.25) is 8.51 Å². The first-order valence-electron chi connectivity index (χ1n) is 5.92. The molecule has 0 amide bonds. The lowest BCUT2D eigenvalue weighted by Crippen LogP contribution is -2.30. The maximum Gasteiger partial charge on any atom is 0.302 e. The Hall–Kier alpha value is -1.49. The molecule has 1 heterocycles. The number of hydrogen-bond donors (Lipinski definition) is 3. The summed E-state index contributed by atoms with van der Waals surface area (Å²) in [6, 6.07) is 3.26. The third-order valence-corrected chi connectivity index (χ3v) is 5.59. The van der Waals surface area contributed by atoms with E-state index in [9.17, 15) is 22.5 Å². The SMILES string of the molecule is CS(=O)C(N)c1ccc(N2CC(C=O)NS2(=O)=O)c(O)c1. The van der Waals surface area contributed by atoms with E-state index in [0.29, 0.717) is 11.8 Å². The molecule has 1 saturated heterocycles. The topological polar surface area (TPSA) is 130 Å². The summed E-state index contributed by atoms with van der Waals surface area (Å²) in [7, 11) is -5.20. The van der Waals surface area contributed by atoms with Gasteiger partial charge in [-0.2, -0.15) is 13.1 Å². The number of phenolic OH excluding ortho intramolecular Hbond substituents is 1. The average molecular weight is 333 g/mol. The maximum atomic E-state index is 11.9. The monoisotopic (exact) mass is 333 g/mol. The first-order chi connectivity index (χ1) is 9.76. The number of anilines is 1. The number of phenols is 1. The summed E-state index contributed by atoms with van der Waals surface area (Å²) in [5.74, 6) is -0.315. The van der Waals surface area contributed by atoms with Crippen molar-refractivity contribution >= 4 is 33.0 Å². The van der Waals surface area contributed by atoms with Crippen LogP contribution in [0.3, 0.4) is 0 Å². The number of carbonyl (C=O) groups is 1. The summed E-state index contributed by atoms with van der Waals surface area (Å²) in [5, 5.41) is 9.22. The zero-order chi connectivity index (χ0) is 15.8. The highest BCUT2D eigenvalue weighted by molar-refractivity contribution is 7.91. The van der Waals surface area contributed by atoms with Crippen LogP contribution in [-0.2, 0) is 25.8 Å². The number of nitrogens with zero attached hydrogens (tertiary/aromatic N) is 1. The molecule has 0 aliphatic carbocycles. The van der Waals surface area contributed by atoms with E-state index in [1.165, 1.54) is 24.5 Å². The molecule has 0 saturated carbocycles. The molecule has 8 nitrogen and oxygen atoms in total. The lowest BCUT2D eigenvalue weighted by molar-refractivity contribution is -0.108. The van der Waals surface area contributed by atoms with E-state index >= 15 is 0 Å². The first-order valence-corrected chi connectivity index (χ1v) is 8.98. The van der Waals surface area contributed by atoms with E-state index in [0.717, 1.165) is 4.31 Å². The molecular formula is C11H15N3O5S2. The number of nitrogens with two attached hydrogens (primary N) is 1. The number of rotatable bonds is 4. The van der Waals surface area contributed by atoms with Gasteiger partial charge in [0.15, 0.2) is 0 Å². The second kappa shape index (κ2) is 5.72. The lowest BCUT2D eigenvalue weighted by atomic mass is 10.2. The highest BCUT2D eigenvalue weighted by atomic mass is 32.2. The van der Waals surface area contributed by atoms with Gasteiger partial charge < -0.3 is 15.6 Å². The molecule has 4 N–H and O–H groups in total. The lowest BCUT2D eigenvalue weighted by Gasteiger charge is -2.18. The highest BCUT2D eigenvalue weighted by Crippen LogP contribution is 2.33. The van der Waals surface area contributed by atoms with Crippen molar-refractivity contribution in [1.82, 2.24) is 4.72 Å². The van der Waals surface area contributed by atoms with Gasteiger partial charge in [0.2, 0.25) is 0 Å². The third-order valence-electron chi connectivity index (χ3n) is 3.07. The van der Waals surface area contributed by atoms with E-state index in [-0.39, 0.29) is 18.0 Å². The smallest absolute Gasteiger partial charge is 0.302 e. The van der Waals surface area contributed by atoms with Gasteiger partial charge >= 0.3 is 10.2 Å². The van der Waals surface area contributed by atoms with Crippen molar-refractivity contribution in [3.8, 4) is 5.75 Å². The molecule has 10 heteroatoms. The van der Waals surface area contributed by atoms with Gasteiger partial charge in [-0.25, -0.2) is 0 Å². The summed E-state index contributed by atoms with van der Waals surface area (Å²) in [6.07, 6.45) is 1.91. The van der Waals surface area contributed by atoms with Crippen LogP contribution in [-0.4, -0.2) is 42.9 Å². The minimum absolute atomic E-state index is 0.0321. The molecule has 1 fully saturated rings. The predicted molar refractivity (Wildman–Crippen MR) is 78.4 cm³/mol. The molecule has 0 bridgehead atoms. The highest BCUT2D eigenvalue weighted by Gasteiger charge is 2.36. The summed E-state index contributed by atoms with van der Waals surface area (Å²) >= 11 is 0. The Morgan fingerprint density at radius 2 is 2.24 bits per heavy atom. The molecule has 1 aliphatic rings. The van der Waals surface area contributed by atoms with Gasteiger partial charge in [0.1, 0.15) is 17.4 Å². The van der Waals surface area contributed by atoms with E-state index < -0.39 is 32.4 Å². The molecule has 0 aromatic heterocycles. The Bertz CT molecular complexity index is 691.